The third kappa shape index (κ3) is 4.42. The van der Waals surface area contributed by atoms with E-state index in [0.29, 0.717) is 11.2 Å². The van der Waals surface area contributed by atoms with Crippen molar-refractivity contribution in [2.24, 2.45) is 0 Å². The van der Waals surface area contributed by atoms with E-state index < -0.39 is 0 Å². The van der Waals surface area contributed by atoms with Crippen molar-refractivity contribution in [3.63, 3.8) is 0 Å². The number of rotatable bonds is 5. The number of hydrogen-bond acceptors (Lipinski definition) is 4. The van der Waals surface area contributed by atoms with Crippen LogP contribution in [-0.4, -0.2) is 44.3 Å². The van der Waals surface area contributed by atoms with E-state index >= 15 is 0 Å². The SMILES string of the molecule is Cc1ccc(-c2nc(SC(C)C(=O)N(C)C3CCCCC3)n[nH]2)cc1. The summed E-state index contributed by atoms with van der Waals surface area (Å²) in [5.41, 5.74) is 2.21. The summed E-state index contributed by atoms with van der Waals surface area (Å²) in [6.45, 7) is 4.00. The molecule has 134 valence electrons. The molecule has 1 atom stereocenters. The largest absolute Gasteiger partial charge is 0.342 e. The molecule has 1 fully saturated rings. The molecule has 1 aliphatic rings. The van der Waals surface area contributed by atoms with Crippen LogP contribution in [0.2, 0.25) is 0 Å². The first-order valence-corrected chi connectivity index (χ1v) is 9.85. The van der Waals surface area contributed by atoms with Gasteiger partial charge in [-0.1, -0.05) is 60.9 Å². The van der Waals surface area contributed by atoms with Crippen LogP contribution in [0, 0.1) is 6.92 Å². The third-order valence-corrected chi connectivity index (χ3v) is 5.84. The zero-order valence-corrected chi connectivity index (χ0v) is 16.0. The molecule has 1 unspecified atom stereocenters. The molecule has 0 radical (unpaired) electrons. The van der Waals surface area contributed by atoms with Crippen LogP contribution < -0.4 is 0 Å². The van der Waals surface area contributed by atoms with Gasteiger partial charge in [0.15, 0.2) is 5.82 Å². The predicted molar refractivity (Wildman–Crippen MR) is 102 cm³/mol. The molecule has 1 N–H and O–H groups in total. The highest BCUT2D eigenvalue weighted by Crippen LogP contribution is 2.27. The van der Waals surface area contributed by atoms with Gasteiger partial charge in [0.1, 0.15) is 0 Å². The summed E-state index contributed by atoms with van der Waals surface area (Å²) < 4.78 is 0. The van der Waals surface area contributed by atoms with E-state index in [4.69, 9.17) is 0 Å². The van der Waals surface area contributed by atoms with E-state index in [1.54, 1.807) is 0 Å². The van der Waals surface area contributed by atoms with Gasteiger partial charge in [0.05, 0.1) is 5.25 Å². The van der Waals surface area contributed by atoms with Crippen molar-refractivity contribution in [2.45, 2.75) is 62.4 Å². The number of carbonyl (C=O) groups is 1. The Bertz CT molecular complexity index is 706. The molecule has 5 nitrogen and oxygen atoms in total. The highest BCUT2D eigenvalue weighted by Gasteiger charge is 2.27. The van der Waals surface area contributed by atoms with Gasteiger partial charge in [0.25, 0.3) is 0 Å². The second-order valence-corrected chi connectivity index (χ2v) is 8.14. The van der Waals surface area contributed by atoms with E-state index in [1.807, 2.05) is 31.0 Å². The second kappa shape index (κ2) is 8.04. The standard InChI is InChI=1S/C19H26N4OS/c1-13-9-11-15(12-10-13)17-20-19(22-21-17)25-14(2)18(24)23(3)16-7-5-4-6-8-16/h9-12,14,16H,4-8H2,1-3H3,(H,20,21,22). The molecular weight excluding hydrogens is 332 g/mol. The van der Waals surface area contributed by atoms with E-state index in [9.17, 15) is 4.79 Å². The minimum atomic E-state index is -0.186. The van der Waals surface area contributed by atoms with Gasteiger partial charge in [0, 0.05) is 18.7 Å². The number of thioether (sulfide) groups is 1. The van der Waals surface area contributed by atoms with Gasteiger partial charge < -0.3 is 4.90 Å². The average Bonchev–Trinajstić information content (AvgIpc) is 3.10. The van der Waals surface area contributed by atoms with Gasteiger partial charge in [-0.3, -0.25) is 9.89 Å². The summed E-state index contributed by atoms with van der Waals surface area (Å²) in [4.78, 5) is 19.2. The molecule has 1 amide bonds. The minimum Gasteiger partial charge on any atom is -0.342 e. The van der Waals surface area contributed by atoms with Crippen molar-refractivity contribution in [1.29, 1.82) is 0 Å². The van der Waals surface area contributed by atoms with Crippen LogP contribution in [0.3, 0.4) is 0 Å². The average molecular weight is 359 g/mol. The van der Waals surface area contributed by atoms with Gasteiger partial charge in [-0.2, -0.15) is 0 Å². The Labute approximate surface area is 153 Å². The number of H-pyrrole nitrogens is 1. The Morgan fingerprint density at radius 2 is 1.92 bits per heavy atom. The summed E-state index contributed by atoms with van der Waals surface area (Å²) in [5, 5.41) is 7.67. The Morgan fingerprint density at radius 3 is 2.60 bits per heavy atom. The Balaban J connectivity index is 1.61. The van der Waals surface area contributed by atoms with Crippen molar-refractivity contribution in [3.8, 4) is 11.4 Å². The van der Waals surface area contributed by atoms with Gasteiger partial charge in [-0.15, -0.1) is 5.10 Å². The maximum Gasteiger partial charge on any atom is 0.235 e. The highest BCUT2D eigenvalue weighted by atomic mass is 32.2. The fourth-order valence-corrected chi connectivity index (χ4v) is 4.11. The van der Waals surface area contributed by atoms with Gasteiger partial charge in [0.2, 0.25) is 11.1 Å². The minimum absolute atomic E-state index is 0.165. The highest BCUT2D eigenvalue weighted by molar-refractivity contribution is 8.00. The summed E-state index contributed by atoms with van der Waals surface area (Å²) in [7, 11) is 1.94. The molecule has 0 aliphatic heterocycles. The zero-order valence-electron chi connectivity index (χ0n) is 15.2. The van der Waals surface area contributed by atoms with Crippen molar-refractivity contribution in [1.82, 2.24) is 20.1 Å². The van der Waals surface area contributed by atoms with Crippen LogP contribution in [0.15, 0.2) is 29.4 Å². The molecule has 2 aromatic rings. The lowest BCUT2D eigenvalue weighted by atomic mass is 9.94. The zero-order chi connectivity index (χ0) is 17.8. The number of nitrogens with zero attached hydrogens (tertiary/aromatic N) is 3. The van der Waals surface area contributed by atoms with E-state index in [1.165, 1.54) is 36.6 Å². The number of benzene rings is 1. The quantitative estimate of drug-likeness (QED) is 0.819. The van der Waals surface area contributed by atoms with E-state index in [2.05, 4.69) is 34.2 Å². The van der Waals surface area contributed by atoms with Crippen LogP contribution in [0.5, 0.6) is 0 Å². The fourth-order valence-electron chi connectivity index (χ4n) is 3.28. The molecule has 1 aliphatic carbocycles. The smallest absolute Gasteiger partial charge is 0.235 e. The van der Waals surface area contributed by atoms with Crippen molar-refractivity contribution >= 4 is 17.7 Å². The maximum atomic E-state index is 12.7. The number of aromatic amines is 1. The van der Waals surface area contributed by atoms with Gasteiger partial charge in [-0.25, -0.2) is 4.98 Å². The van der Waals surface area contributed by atoms with Crippen molar-refractivity contribution in [3.05, 3.63) is 29.8 Å². The number of aryl methyl sites for hydroxylation is 1. The molecule has 1 aromatic carbocycles. The van der Waals surface area contributed by atoms with Crippen molar-refractivity contribution < 1.29 is 4.79 Å². The first kappa shape index (κ1) is 18.0. The first-order valence-electron chi connectivity index (χ1n) is 8.97. The van der Waals surface area contributed by atoms with Crippen LogP contribution in [0.4, 0.5) is 0 Å². The van der Waals surface area contributed by atoms with Crippen LogP contribution >= 0.6 is 11.8 Å². The molecule has 0 spiro atoms. The number of aromatic nitrogens is 3. The summed E-state index contributed by atoms with van der Waals surface area (Å²) in [6.07, 6.45) is 5.99. The molecule has 0 bridgehead atoms. The summed E-state index contributed by atoms with van der Waals surface area (Å²) in [5.74, 6) is 0.904. The lowest BCUT2D eigenvalue weighted by Gasteiger charge is -2.32. The lowest BCUT2D eigenvalue weighted by Crippen LogP contribution is -2.42. The summed E-state index contributed by atoms with van der Waals surface area (Å²) >= 11 is 1.42. The first-order chi connectivity index (χ1) is 12.0. The Hall–Kier alpha value is -1.82. The van der Waals surface area contributed by atoms with Crippen LogP contribution in [0.25, 0.3) is 11.4 Å². The molecule has 1 aromatic heterocycles. The second-order valence-electron chi connectivity index (χ2n) is 6.83. The Morgan fingerprint density at radius 1 is 1.24 bits per heavy atom. The normalized spacial score (nSPS) is 16.6. The van der Waals surface area contributed by atoms with E-state index in [0.717, 1.165) is 24.2 Å². The van der Waals surface area contributed by atoms with Crippen LogP contribution in [0.1, 0.15) is 44.6 Å². The predicted octanol–water partition coefficient (Wildman–Crippen LogP) is 4.05. The van der Waals surface area contributed by atoms with Crippen LogP contribution in [-0.2, 0) is 4.79 Å². The molecule has 1 saturated carbocycles. The molecule has 25 heavy (non-hydrogen) atoms. The number of nitrogens with one attached hydrogen (secondary N) is 1. The fraction of sp³-hybridized carbons (Fsp3) is 0.526. The number of amides is 1. The molecule has 3 rings (SSSR count). The number of hydrogen-bond donors (Lipinski definition) is 1. The molecule has 1 heterocycles. The monoisotopic (exact) mass is 358 g/mol. The van der Waals surface area contributed by atoms with Gasteiger partial charge in [-0.05, 0) is 26.7 Å². The third-order valence-electron chi connectivity index (χ3n) is 4.89. The summed E-state index contributed by atoms with van der Waals surface area (Å²) in [6, 6.07) is 8.54. The van der Waals surface area contributed by atoms with E-state index in [-0.39, 0.29) is 11.2 Å². The Kier molecular flexibility index (Phi) is 5.78. The molecule has 0 saturated heterocycles. The lowest BCUT2D eigenvalue weighted by molar-refractivity contribution is -0.131. The number of carbonyl (C=O) groups excluding carboxylic acids is 1. The topological polar surface area (TPSA) is 61.9 Å². The maximum absolute atomic E-state index is 12.7. The van der Waals surface area contributed by atoms with Crippen molar-refractivity contribution in [2.75, 3.05) is 7.05 Å². The molecule has 6 heteroatoms. The molecular formula is C19H26N4OS. The van der Waals surface area contributed by atoms with Gasteiger partial charge >= 0.3 is 0 Å².